The molecule has 3 heterocycles. The molecule has 2 aromatic carbocycles. The lowest BCUT2D eigenvalue weighted by Crippen LogP contribution is -2.47. The third-order valence-electron chi connectivity index (χ3n) is 6.79. The van der Waals surface area contributed by atoms with E-state index in [1.807, 2.05) is 29.2 Å². The number of hydrogen-bond donors (Lipinski definition) is 1. The molecule has 1 aliphatic carbocycles. The molecule has 0 bridgehead atoms. The molecule has 0 saturated carbocycles. The van der Waals surface area contributed by atoms with E-state index < -0.39 is 11.2 Å². The summed E-state index contributed by atoms with van der Waals surface area (Å²) in [5.74, 6) is -0.465. The van der Waals surface area contributed by atoms with Gasteiger partial charge in [0.2, 0.25) is 5.60 Å². The van der Waals surface area contributed by atoms with Gasteiger partial charge in [0.05, 0.1) is 5.56 Å². The maximum Gasteiger partial charge on any atom is 0.339 e. The molecule has 1 amide bonds. The van der Waals surface area contributed by atoms with Gasteiger partial charge in [0.25, 0.3) is 11.9 Å². The van der Waals surface area contributed by atoms with Gasteiger partial charge in [-0.25, -0.2) is 4.79 Å². The van der Waals surface area contributed by atoms with E-state index in [9.17, 15) is 14.7 Å². The number of piperidine rings is 1. The van der Waals surface area contributed by atoms with Gasteiger partial charge in [-0.1, -0.05) is 24.3 Å². The second-order valence-electron chi connectivity index (χ2n) is 8.52. The van der Waals surface area contributed by atoms with Gasteiger partial charge in [-0.2, -0.15) is 4.99 Å². The zero-order valence-corrected chi connectivity index (χ0v) is 16.3. The highest BCUT2D eigenvalue weighted by molar-refractivity contribution is 6.02. The number of amides is 1. The average Bonchev–Trinajstić information content (AvgIpc) is 3.35. The lowest BCUT2D eigenvalue weighted by atomic mass is 9.83. The van der Waals surface area contributed by atoms with Crippen molar-refractivity contribution in [2.45, 2.75) is 36.9 Å². The fourth-order valence-electron chi connectivity index (χ4n) is 5.17. The summed E-state index contributed by atoms with van der Waals surface area (Å²) in [4.78, 5) is 31.3. The highest BCUT2D eigenvalue weighted by Gasteiger charge is 2.53. The smallest absolute Gasteiger partial charge is 0.339 e. The molecule has 4 aliphatic rings. The number of phenols is 1. The lowest BCUT2D eigenvalue weighted by molar-refractivity contribution is -0.130. The number of aromatic hydroxyl groups is 1. The molecule has 0 aromatic heterocycles. The first kappa shape index (κ1) is 17.5. The van der Waals surface area contributed by atoms with Crippen LogP contribution in [0.2, 0.25) is 0 Å². The number of likely N-dealkylation sites (tertiary alicyclic amines) is 1. The number of aliphatic imine (C=N–C) groups is 1. The van der Waals surface area contributed by atoms with Crippen LogP contribution in [0.1, 0.15) is 39.9 Å². The van der Waals surface area contributed by atoms with Gasteiger partial charge < -0.3 is 19.5 Å². The summed E-state index contributed by atoms with van der Waals surface area (Å²) in [5.41, 5.74) is 1.84. The fraction of sp³-hybridized carbons (Fsp3) is 0.348. The number of phenolic OH excluding ortho intramolecular Hbond substituents is 1. The minimum Gasteiger partial charge on any atom is -0.508 e. The monoisotopic (exact) mass is 404 g/mol. The van der Waals surface area contributed by atoms with Gasteiger partial charge in [0, 0.05) is 44.3 Å². The van der Waals surface area contributed by atoms with E-state index in [2.05, 4.69) is 4.99 Å². The Morgan fingerprint density at radius 3 is 2.33 bits per heavy atom. The maximum atomic E-state index is 12.8. The van der Waals surface area contributed by atoms with Crippen LogP contribution in [0.3, 0.4) is 0 Å². The second kappa shape index (κ2) is 5.84. The van der Waals surface area contributed by atoms with Gasteiger partial charge >= 0.3 is 5.97 Å². The van der Waals surface area contributed by atoms with E-state index in [1.54, 1.807) is 12.1 Å². The number of carbonyl (C=O) groups is 2. The van der Waals surface area contributed by atoms with Crippen LogP contribution < -0.4 is 0 Å². The number of hydrogen-bond acceptors (Lipinski definition) is 6. The Bertz CT molecular complexity index is 1110. The molecule has 1 saturated heterocycles. The van der Waals surface area contributed by atoms with Crippen LogP contribution >= 0.6 is 0 Å². The van der Waals surface area contributed by atoms with E-state index in [-0.39, 0.29) is 17.6 Å². The van der Waals surface area contributed by atoms with E-state index in [1.165, 1.54) is 6.07 Å². The number of amidine groups is 1. The minimum absolute atomic E-state index is 0.116. The van der Waals surface area contributed by atoms with Crippen molar-refractivity contribution >= 4 is 17.9 Å². The van der Waals surface area contributed by atoms with Crippen LogP contribution in [0.5, 0.6) is 5.75 Å². The molecule has 3 aliphatic heterocycles. The Balaban J connectivity index is 1.20. The Hall–Kier alpha value is -3.35. The van der Waals surface area contributed by atoms with Crippen molar-refractivity contribution in [1.82, 2.24) is 4.90 Å². The quantitative estimate of drug-likeness (QED) is 0.678. The second-order valence-corrected chi connectivity index (χ2v) is 8.52. The van der Waals surface area contributed by atoms with Crippen molar-refractivity contribution in [3.05, 3.63) is 64.7 Å². The number of carbonyl (C=O) groups excluding carboxylic acids is 2. The topological polar surface area (TPSA) is 88.4 Å². The van der Waals surface area contributed by atoms with Gasteiger partial charge in [-0.3, -0.25) is 4.79 Å². The highest BCUT2D eigenvalue weighted by Crippen LogP contribution is 2.46. The summed E-state index contributed by atoms with van der Waals surface area (Å²) in [5, 5.41) is 9.89. The summed E-state index contributed by atoms with van der Waals surface area (Å²) in [6.07, 6.45) is 2.16. The Kier molecular flexibility index (Phi) is 3.41. The molecular formula is C23H20N2O5. The SMILES string of the molecule is O=C1OC2(CCN(C3=NC(=O)C4(Cc5ccccc5C4)O3)CC2)c2cc(O)ccc21. The van der Waals surface area contributed by atoms with Crippen molar-refractivity contribution in [3.63, 3.8) is 0 Å². The molecular weight excluding hydrogens is 384 g/mol. The van der Waals surface area contributed by atoms with Gasteiger partial charge in [0.15, 0.2) is 0 Å². The number of rotatable bonds is 0. The van der Waals surface area contributed by atoms with Crippen LogP contribution in [-0.4, -0.2) is 46.6 Å². The molecule has 0 unspecified atom stereocenters. The zero-order valence-electron chi connectivity index (χ0n) is 16.3. The van der Waals surface area contributed by atoms with Crippen molar-refractivity contribution in [1.29, 1.82) is 0 Å². The molecule has 0 radical (unpaired) electrons. The molecule has 6 rings (SSSR count). The highest BCUT2D eigenvalue weighted by atomic mass is 16.6. The predicted molar refractivity (Wildman–Crippen MR) is 106 cm³/mol. The van der Waals surface area contributed by atoms with Gasteiger partial charge in [-0.05, 0) is 29.3 Å². The van der Waals surface area contributed by atoms with Crippen molar-refractivity contribution in [3.8, 4) is 5.75 Å². The van der Waals surface area contributed by atoms with Crippen LogP contribution in [0.15, 0.2) is 47.5 Å². The van der Waals surface area contributed by atoms with E-state index in [4.69, 9.17) is 9.47 Å². The first-order chi connectivity index (χ1) is 14.5. The average molecular weight is 404 g/mol. The molecule has 2 aromatic rings. The number of benzene rings is 2. The van der Waals surface area contributed by atoms with E-state index in [0.717, 1.165) is 16.7 Å². The number of fused-ring (bicyclic) bond motifs is 3. The Morgan fingerprint density at radius 2 is 1.63 bits per heavy atom. The minimum atomic E-state index is -0.924. The summed E-state index contributed by atoms with van der Waals surface area (Å²) >= 11 is 0. The molecule has 1 fully saturated rings. The molecule has 30 heavy (non-hydrogen) atoms. The first-order valence-corrected chi connectivity index (χ1v) is 10.2. The van der Waals surface area contributed by atoms with Crippen molar-refractivity contribution in [2.24, 2.45) is 4.99 Å². The summed E-state index contributed by atoms with van der Waals surface area (Å²) < 4.78 is 11.9. The third kappa shape index (κ3) is 2.35. The van der Waals surface area contributed by atoms with Crippen LogP contribution in [0.4, 0.5) is 0 Å². The molecule has 7 heteroatoms. The summed E-state index contributed by atoms with van der Waals surface area (Å²) in [6, 6.07) is 13.1. The number of esters is 1. The first-order valence-electron chi connectivity index (χ1n) is 10.2. The summed E-state index contributed by atoms with van der Waals surface area (Å²) in [7, 11) is 0. The third-order valence-corrected chi connectivity index (χ3v) is 6.79. The number of nitrogens with zero attached hydrogens (tertiary/aromatic N) is 2. The maximum absolute atomic E-state index is 12.8. The molecule has 2 spiro atoms. The van der Waals surface area contributed by atoms with Crippen LogP contribution in [0.25, 0.3) is 0 Å². The molecule has 0 atom stereocenters. The Morgan fingerprint density at radius 1 is 0.933 bits per heavy atom. The van der Waals surface area contributed by atoms with Gasteiger partial charge in [0.1, 0.15) is 11.4 Å². The van der Waals surface area contributed by atoms with Crippen molar-refractivity contribution in [2.75, 3.05) is 13.1 Å². The van der Waals surface area contributed by atoms with E-state index >= 15 is 0 Å². The van der Waals surface area contributed by atoms with Crippen LogP contribution in [0, 0.1) is 0 Å². The zero-order chi connectivity index (χ0) is 20.5. The largest absolute Gasteiger partial charge is 0.508 e. The Labute approximate surface area is 172 Å². The molecule has 1 N–H and O–H groups in total. The fourth-order valence-corrected chi connectivity index (χ4v) is 5.17. The predicted octanol–water partition coefficient (Wildman–Crippen LogP) is 2.30. The number of ether oxygens (including phenoxy) is 2. The summed E-state index contributed by atoms with van der Waals surface area (Å²) in [6.45, 7) is 1.08. The molecule has 7 nitrogen and oxygen atoms in total. The van der Waals surface area contributed by atoms with Crippen molar-refractivity contribution < 1.29 is 24.2 Å². The van der Waals surface area contributed by atoms with Gasteiger partial charge in [-0.15, -0.1) is 0 Å². The van der Waals surface area contributed by atoms with Crippen LogP contribution in [-0.2, 0) is 32.7 Å². The standard InChI is InChI=1S/C23H20N2O5/c26-16-5-6-17-18(11-16)22(29-19(17)27)7-9-25(10-8-22)21-24-20(28)23(30-21)12-14-3-1-2-4-15(14)13-23/h1-6,11,26H,7-10,12-13H2. The normalized spacial score (nSPS) is 22.7. The molecule has 152 valence electrons. The lowest BCUT2D eigenvalue weighted by Gasteiger charge is -2.39. The van der Waals surface area contributed by atoms with E-state index in [0.29, 0.717) is 50.4 Å².